The predicted molar refractivity (Wildman–Crippen MR) is 120 cm³/mol. The Balaban J connectivity index is 1.50. The number of ketones is 3. The maximum atomic E-state index is 13.2. The summed E-state index contributed by atoms with van der Waals surface area (Å²) in [4.78, 5) is 36.3. The Bertz CT molecular complexity index is 836. The third-order valence-electron chi connectivity index (χ3n) is 9.09. The Hall–Kier alpha value is -1.55. The zero-order chi connectivity index (χ0) is 22.4. The van der Waals surface area contributed by atoms with Gasteiger partial charge in [0.05, 0.1) is 0 Å². The van der Waals surface area contributed by atoms with Gasteiger partial charge in [-0.2, -0.15) is 0 Å². The van der Waals surface area contributed by atoms with Crippen LogP contribution in [0.4, 0.5) is 0 Å². The minimum Gasteiger partial charge on any atom is -0.374 e. The van der Waals surface area contributed by atoms with Crippen LogP contribution in [-0.4, -0.2) is 30.6 Å². The highest BCUT2D eigenvalue weighted by atomic mass is 16.5. The third-order valence-corrected chi connectivity index (χ3v) is 9.09. The minimum atomic E-state index is -0.00449. The molecule has 0 aromatic carbocycles. The SMILES string of the molecule is CC(=O)CCCOCC(=O)[C@H]1[C@H](C)CC2C3CCC4=CC(=O)CC[C@]4(C)C3=CC[C@@]21C. The summed E-state index contributed by atoms with van der Waals surface area (Å²) in [7, 11) is 0. The molecule has 2 saturated carbocycles. The van der Waals surface area contributed by atoms with Gasteiger partial charge < -0.3 is 9.53 Å². The molecule has 6 atom stereocenters. The molecule has 0 aliphatic heterocycles. The number of Topliss-reactive ketones (excluding diaryl/α,β-unsaturated/α-hetero) is 2. The molecule has 4 aliphatic carbocycles. The number of rotatable bonds is 7. The summed E-state index contributed by atoms with van der Waals surface area (Å²) in [6.07, 6.45) is 11.4. The van der Waals surface area contributed by atoms with E-state index in [1.807, 2.05) is 6.08 Å². The van der Waals surface area contributed by atoms with Gasteiger partial charge in [0.1, 0.15) is 12.4 Å². The molecule has 4 nitrogen and oxygen atoms in total. The van der Waals surface area contributed by atoms with Crippen molar-refractivity contribution in [3.05, 3.63) is 23.3 Å². The van der Waals surface area contributed by atoms with Crippen LogP contribution in [0.25, 0.3) is 0 Å². The number of carbonyl (C=O) groups is 3. The fraction of sp³-hybridized carbons (Fsp3) is 0.741. The Morgan fingerprint density at radius 1 is 1.23 bits per heavy atom. The van der Waals surface area contributed by atoms with Gasteiger partial charge in [-0.25, -0.2) is 0 Å². The van der Waals surface area contributed by atoms with E-state index in [0.717, 1.165) is 32.1 Å². The zero-order valence-electron chi connectivity index (χ0n) is 19.7. The predicted octanol–water partition coefficient (Wildman–Crippen LogP) is 5.26. The topological polar surface area (TPSA) is 60.4 Å². The summed E-state index contributed by atoms with van der Waals surface area (Å²) in [5.41, 5.74) is 2.94. The summed E-state index contributed by atoms with van der Waals surface area (Å²) in [5, 5.41) is 0. The van der Waals surface area contributed by atoms with Crippen molar-refractivity contribution in [1.82, 2.24) is 0 Å². The van der Waals surface area contributed by atoms with Gasteiger partial charge in [0.2, 0.25) is 0 Å². The van der Waals surface area contributed by atoms with Crippen LogP contribution >= 0.6 is 0 Å². The maximum Gasteiger partial charge on any atom is 0.162 e. The molecule has 0 saturated heterocycles. The highest BCUT2D eigenvalue weighted by molar-refractivity contribution is 5.92. The van der Waals surface area contributed by atoms with Crippen molar-refractivity contribution < 1.29 is 19.1 Å². The molecule has 0 spiro atoms. The maximum absolute atomic E-state index is 13.2. The molecule has 0 aromatic heterocycles. The van der Waals surface area contributed by atoms with Gasteiger partial charge in [0.25, 0.3) is 0 Å². The van der Waals surface area contributed by atoms with Crippen LogP contribution in [0.5, 0.6) is 0 Å². The largest absolute Gasteiger partial charge is 0.374 e. The molecule has 0 bridgehead atoms. The zero-order valence-corrected chi connectivity index (χ0v) is 19.7. The van der Waals surface area contributed by atoms with Crippen molar-refractivity contribution in [3.8, 4) is 0 Å². The van der Waals surface area contributed by atoms with E-state index in [0.29, 0.717) is 43.6 Å². The molecule has 4 heteroatoms. The molecular formula is C27H38O4. The summed E-state index contributed by atoms with van der Waals surface area (Å²) in [6, 6.07) is 0. The number of hydrogen-bond donors (Lipinski definition) is 0. The van der Waals surface area contributed by atoms with Crippen LogP contribution in [-0.2, 0) is 19.1 Å². The van der Waals surface area contributed by atoms with Crippen molar-refractivity contribution >= 4 is 17.3 Å². The molecule has 0 aromatic rings. The molecule has 0 heterocycles. The van der Waals surface area contributed by atoms with E-state index in [-0.39, 0.29) is 40.7 Å². The second-order valence-electron chi connectivity index (χ2n) is 11.1. The van der Waals surface area contributed by atoms with Crippen LogP contribution in [0.15, 0.2) is 23.3 Å². The van der Waals surface area contributed by atoms with Gasteiger partial charge in [0, 0.05) is 30.8 Å². The molecule has 4 aliphatic rings. The minimum absolute atomic E-state index is 0.00449. The first-order valence-corrected chi connectivity index (χ1v) is 12.2. The lowest BCUT2D eigenvalue weighted by Crippen LogP contribution is -2.46. The van der Waals surface area contributed by atoms with Crippen molar-refractivity contribution in [2.75, 3.05) is 13.2 Å². The Labute approximate surface area is 186 Å². The molecule has 0 radical (unpaired) electrons. The third kappa shape index (κ3) is 3.90. The first-order chi connectivity index (χ1) is 14.7. The van der Waals surface area contributed by atoms with Gasteiger partial charge >= 0.3 is 0 Å². The Morgan fingerprint density at radius 2 is 2.00 bits per heavy atom. The smallest absolute Gasteiger partial charge is 0.162 e. The molecule has 31 heavy (non-hydrogen) atoms. The van der Waals surface area contributed by atoms with E-state index >= 15 is 0 Å². The summed E-state index contributed by atoms with van der Waals surface area (Å²) < 4.78 is 5.68. The van der Waals surface area contributed by atoms with Crippen LogP contribution in [0.3, 0.4) is 0 Å². The molecule has 170 valence electrons. The summed E-state index contributed by atoms with van der Waals surface area (Å²) >= 11 is 0. The van der Waals surface area contributed by atoms with Crippen molar-refractivity contribution in [1.29, 1.82) is 0 Å². The molecule has 2 unspecified atom stereocenters. The number of hydrogen-bond acceptors (Lipinski definition) is 4. The molecular weight excluding hydrogens is 388 g/mol. The molecule has 4 rings (SSSR count). The van der Waals surface area contributed by atoms with Crippen LogP contribution in [0.2, 0.25) is 0 Å². The number of allylic oxidation sites excluding steroid dienone is 4. The van der Waals surface area contributed by atoms with Crippen molar-refractivity contribution in [3.63, 3.8) is 0 Å². The van der Waals surface area contributed by atoms with E-state index in [9.17, 15) is 14.4 Å². The van der Waals surface area contributed by atoms with Crippen LogP contribution in [0, 0.1) is 34.5 Å². The molecule has 0 N–H and O–H groups in total. The normalized spacial score (nSPS) is 39.2. The summed E-state index contributed by atoms with van der Waals surface area (Å²) in [6.45, 7) is 9.17. The second-order valence-corrected chi connectivity index (χ2v) is 11.1. The number of ether oxygens (including phenoxy) is 1. The number of carbonyl (C=O) groups excluding carboxylic acids is 3. The van der Waals surface area contributed by atoms with Gasteiger partial charge in [0.15, 0.2) is 11.6 Å². The van der Waals surface area contributed by atoms with Crippen molar-refractivity contribution in [2.24, 2.45) is 34.5 Å². The van der Waals surface area contributed by atoms with Gasteiger partial charge in [-0.05, 0) is 74.7 Å². The highest BCUT2D eigenvalue weighted by Crippen LogP contribution is 2.65. The van der Waals surface area contributed by atoms with E-state index in [4.69, 9.17) is 4.74 Å². The lowest BCUT2D eigenvalue weighted by molar-refractivity contribution is -0.133. The fourth-order valence-electron chi connectivity index (χ4n) is 7.60. The summed E-state index contributed by atoms with van der Waals surface area (Å²) in [5.74, 6) is 2.17. The van der Waals surface area contributed by atoms with E-state index in [1.54, 1.807) is 12.5 Å². The first kappa shape index (κ1) is 22.6. The van der Waals surface area contributed by atoms with E-state index in [2.05, 4.69) is 26.8 Å². The van der Waals surface area contributed by atoms with E-state index < -0.39 is 0 Å². The van der Waals surface area contributed by atoms with Crippen molar-refractivity contribution in [2.45, 2.75) is 79.1 Å². The van der Waals surface area contributed by atoms with Crippen LogP contribution < -0.4 is 0 Å². The van der Waals surface area contributed by atoms with Crippen LogP contribution in [0.1, 0.15) is 79.1 Å². The van der Waals surface area contributed by atoms with E-state index in [1.165, 1.54) is 5.57 Å². The van der Waals surface area contributed by atoms with Gasteiger partial charge in [-0.15, -0.1) is 0 Å². The average Bonchev–Trinajstić information content (AvgIpc) is 2.98. The second kappa shape index (κ2) is 8.42. The first-order valence-electron chi connectivity index (χ1n) is 12.2. The fourth-order valence-corrected chi connectivity index (χ4v) is 7.60. The van der Waals surface area contributed by atoms with Gasteiger partial charge in [-0.1, -0.05) is 38.0 Å². The Morgan fingerprint density at radius 3 is 2.74 bits per heavy atom. The quantitative estimate of drug-likeness (QED) is 0.412. The monoisotopic (exact) mass is 426 g/mol. The number of fused-ring (bicyclic) bond motifs is 5. The van der Waals surface area contributed by atoms with Gasteiger partial charge in [-0.3, -0.25) is 9.59 Å². The average molecular weight is 427 g/mol. The molecule has 0 amide bonds. The Kier molecular flexibility index (Phi) is 6.15. The standard InChI is InChI=1S/C27H38O4/c1-17-14-23-21-8-7-19-15-20(29)9-11-26(19,3)22(21)10-12-27(23,4)25(17)24(30)16-31-13-5-6-18(2)28/h10,15,17,21,23,25H,5-9,11-14,16H2,1-4H3/t17-,21?,23?,25-,26+,27+/m1/s1. The lowest BCUT2D eigenvalue weighted by Gasteiger charge is -2.53. The highest BCUT2D eigenvalue weighted by Gasteiger charge is 2.59. The molecule has 2 fully saturated rings. The lowest BCUT2D eigenvalue weighted by atomic mass is 9.51.